The van der Waals surface area contributed by atoms with Crippen molar-refractivity contribution in [3.63, 3.8) is 0 Å². The minimum absolute atomic E-state index is 0. The maximum Gasteiger partial charge on any atom is 0.0614 e. The van der Waals surface area contributed by atoms with Crippen molar-refractivity contribution in [2.75, 3.05) is 26.8 Å². The predicted octanol–water partition coefficient (Wildman–Crippen LogP) is 0.0250. The van der Waals surface area contributed by atoms with Crippen LogP contribution < -0.4 is 5.32 Å². The van der Waals surface area contributed by atoms with Crippen LogP contribution in [0.4, 0.5) is 0 Å². The molecular formula is C7H16ClNO2. The van der Waals surface area contributed by atoms with Crippen molar-refractivity contribution >= 4 is 12.4 Å². The Labute approximate surface area is 73.5 Å². The summed E-state index contributed by atoms with van der Waals surface area (Å²) in [4.78, 5) is 0. The molecule has 4 heteroatoms. The zero-order valence-corrected chi connectivity index (χ0v) is 7.56. The fraction of sp³-hybridized carbons (Fsp3) is 1.00. The Morgan fingerprint density at radius 3 is 2.91 bits per heavy atom. The molecule has 1 aliphatic heterocycles. The Morgan fingerprint density at radius 1 is 1.64 bits per heavy atom. The lowest BCUT2D eigenvalue weighted by molar-refractivity contribution is 0.0289. The fourth-order valence-electron chi connectivity index (χ4n) is 1.29. The van der Waals surface area contributed by atoms with Crippen LogP contribution in [0, 0.1) is 5.92 Å². The van der Waals surface area contributed by atoms with E-state index in [1.54, 1.807) is 7.11 Å². The van der Waals surface area contributed by atoms with E-state index in [9.17, 15) is 5.11 Å². The van der Waals surface area contributed by atoms with Gasteiger partial charge in [0.15, 0.2) is 0 Å². The molecule has 11 heavy (non-hydrogen) atoms. The van der Waals surface area contributed by atoms with Gasteiger partial charge in [-0.1, -0.05) is 0 Å². The number of aliphatic hydroxyl groups excluding tert-OH is 1. The van der Waals surface area contributed by atoms with Crippen molar-refractivity contribution in [2.24, 2.45) is 5.92 Å². The lowest BCUT2D eigenvalue weighted by atomic mass is 9.97. The third-order valence-electron chi connectivity index (χ3n) is 1.95. The number of hydrogen-bond acceptors (Lipinski definition) is 3. The van der Waals surface area contributed by atoms with Crippen LogP contribution in [-0.4, -0.2) is 38.0 Å². The average molecular weight is 182 g/mol. The largest absolute Gasteiger partial charge is 0.393 e. The summed E-state index contributed by atoms with van der Waals surface area (Å²) in [6.45, 7) is 2.48. The Hall–Kier alpha value is 0.170. The summed E-state index contributed by atoms with van der Waals surface area (Å²) in [6.07, 6.45) is 0.690. The SMILES string of the molecule is COCC1CNCCC1O.Cl. The third-order valence-corrected chi connectivity index (χ3v) is 1.95. The van der Waals surface area contributed by atoms with Gasteiger partial charge in [0.2, 0.25) is 0 Å². The first kappa shape index (κ1) is 11.2. The highest BCUT2D eigenvalue weighted by Crippen LogP contribution is 2.10. The first-order valence-electron chi connectivity index (χ1n) is 3.72. The standard InChI is InChI=1S/C7H15NO2.ClH/c1-10-5-6-4-8-3-2-7(6)9;/h6-9H,2-5H2,1H3;1H. The second-order valence-electron chi connectivity index (χ2n) is 2.78. The Balaban J connectivity index is 0.000001000. The monoisotopic (exact) mass is 181 g/mol. The molecular weight excluding hydrogens is 166 g/mol. The van der Waals surface area contributed by atoms with Crippen molar-refractivity contribution < 1.29 is 9.84 Å². The van der Waals surface area contributed by atoms with Gasteiger partial charge in [-0.05, 0) is 13.0 Å². The molecule has 2 unspecified atom stereocenters. The molecule has 0 radical (unpaired) electrons. The van der Waals surface area contributed by atoms with Gasteiger partial charge in [-0.15, -0.1) is 12.4 Å². The van der Waals surface area contributed by atoms with Gasteiger partial charge in [0.1, 0.15) is 0 Å². The molecule has 0 aromatic carbocycles. The van der Waals surface area contributed by atoms with E-state index in [2.05, 4.69) is 5.32 Å². The average Bonchev–Trinajstić information content (AvgIpc) is 1.94. The quantitative estimate of drug-likeness (QED) is 0.632. The van der Waals surface area contributed by atoms with E-state index < -0.39 is 0 Å². The van der Waals surface area contributed by atoms with Crippen LogP contribution in [0.2, 0.25) is 0 Å². The molecule has 0 amide bonds. The number of aliphatic hydroxyl groups is 1. The zero-order chi connectivity index (χ0) is 7.40. The van der Waals surface area contributed by atoms with Gasteiger partial charge in [0, 0.05) is 19.6 Å². The number of piperidine rings is 1. The molecule has 1 rings (SSSR count). The molecule has 0 saturated carbocycles. The van der Waals surface area contributed by atoms with E-state index in [-0.39, 0.29) is 18.5 Å². The topological polar surface area (TPSA) is 41.5 Å². The summed E-state index contributed by atoms with van der Waals surface area (Å²) >= 11 is 0. The molecule has 2 N–H and O–H groups in total. The smallest absolute Gasteiger partial charge is 0.0614 e. The third kappa shape index (κ3) is 3.38. The van der Waals surface area contributed by atoms with Crippen LogP contribution in [0.15, 0.2) is 0 Å². The van der Waals surface area contributed by atoms with Gasteiger partial charge in [0.25, 0.3) is 0 Å². The van der Waals surface area contributed by atoms with E-state index in [0.29, 0.717) is 12.5 Å². The lowest BCUT2D eigenvalue weighted by Crippen LogP contribution is -2.41. The second kappa shape index (κ2) is 5.77. The summed E-state index contributed by atoms with van der Waals surface area (Å²) in [5.41, 5.74) is 0. The minimum Gasteiger partial charge on any atom is -0.393 e. The normalized spacial score (nSPS) is 31.1. The van der Waals surface area contributed by atoms with Crippen molar-refractivity contribution in [1.82, 2.24) is 5.32 Å². The van der Waals surface area contributed by atoms with Crippen molar-refractivity contribution in [2.45, 2.75) is 12.5 Å². The first-order chi connectivity index (χ1) is 4.84. The second-order valence-corrected chi connectivity index (χ2v) is 2.78. The number of halogens is 1. The molecule has 0 aromatic heterocycles. The summed E-state index contributed by atoms with van der Waals surface area (Å²) in [5.74, 6) is 0.291. The number of rotatable bonds is 2. The van der Waals surface area contributed by atoms with E-state index in [1.807, 2.05) is 0 Å². The molecule has 1 aliphatic rings. The van der Waals surface area contributed by atoms with Gasteiger partial charge < -0.3 is 15.2 Å². The predicted molar refractivity (Wildman–Crippen MR) is 46.1 cm³/mol. The van der Waals surface area contributed by atoms with Crippen LogP contribution in [0.25, 0.3) is 0 Å². The first-order valence-corrected chi connectivity index (χ1v) is 3.72. The molecule has 0 aromatic rings. The highest BCUT2D eigenvalue weighted by molar-refractivity contribution is 5.85. The van der Waals surface area contributed by atoms with Crippen LogP contribution in [0.3, 0.4) is 0 Å². The van der Waals surface area contributed by atoms with Crippen LogP contribution >= 0.6 is 12.4 Å². The number of hydrogen-bond donors (Lipinski definition) is 2. The molecule has 1 fully saturated rings. The maximum atomic E-state index is 9.38. The highest BCUT2D eigenvalue weighted by Gasteiger charge is 2.21. The van der Waals surface area contributed by atoms with E-state index in [4.69, 9.17) is 4.74 Å². The van der Waals surface area contributed by atoms with Gasteiger partial charge in [-0.3, -0.25) is 0 Å². The molecule has 3 nitrogen and oxygen atoms in total. The zero-order valence-electron chi connectivity index (χ0n) is 6.75. The van der Waals surface area contributed by atoms with E-state index in [1.165, 1.54) is 0 Å². The van der Waals surface area contributed by atoms with Gasteiger partial charge >= 0.3 is 0 Å². The lowest BCUT2D eigenvalue weighted by Gasteiger charge is -2.27. The Kier molecular flexibility index (Phi) is 5.86. The summed E-state index contributed by atoms with van der Waals surface area (Å²) in [5, 5.41) is 12.6. The van der Waals surface area contributed by atoms with E-state index in [0.717, 1.165) is 19.5 Å². The Bertz CT molecular complexity index is 100. The van der Waals surface area contributed by atoms with Crippen molar-refractivity contribution in [3.05, 3.63) is 0 Å². The van der Waals surface area contributed by atoms with Gasteiger partial charge in [-0.2, -0.15) is 0 Å². The Morgan fingerprint density at radius 2 is 2.36 bits per heavy atom. The molecule has 0 bridgehead atoms. The summed E-state index contributed by atoms with van der Waals surface area (Å²) in [6, 6.07) is 0. The fourth-order valence-corrected chi connectivity index (χ4v) is 1.29. The maximum absolute atomic E-state index is 9.38. The molecule has 1 heterocycles. The molecule has 0 aliphatic carbocycles. The number of ether oxygens (including phenoxy) is 1. The molecule has 0 spiro atoms. The van der Waals surface area contributed by atoms with Gasteiger partial charge in [-0.25, -0.2) is 0 Å². The van der Waals surface area contributed by atoms with E-state index >= 15 is 0 Å². The van der Waals surface area contributed by atoms with Gasteiger partial charge in [0.05, 0.1) is 12.7 Å². The summed E-state index contributed by atoms with van der Waals surface area (Å²) < 4.78 is 4.95. The minimum atomic E-state index is -0.166. The molecule has 2 atom stereocenters. The molecule has 68 valence electrons. The summed E-state index contributed by atoms with van der Waals surface area (Å²) in [7, 11) is 1.67. The van der Waals surface area contributed by atoms with Crippen LogP contribution in [0.1, 0.15) is 6.42 Å². The van der Waals surface area contributed by atoms with Crippen molar-refractivity contribution in [1.29, 1.82) is 0 Å². The number of methoxy groups -OCH3 is 1. The highest BCUT2D eigenvalue weighted by atomic mass is 35.5. The van der Waals surface area contributed by atoms with Crippen molar-refractivity contribution in [3.8, 4) is 0 Å². The molecule has 1 saturated heterocycles. The van der Waals surface area contributed by atoms with Crippen LogP contribution in [0.5, 0.6) is 0 Å². The van der Waals surface area contributed by atoms with Crippen LogP contribution in [-0.2, 0) is 4.74 Å². The number of nitrogens with one attached hydrogen (secondary N) is 1.